The van der Waals surface area contributed by atoms with Gasteiger partial charge in [-0.1, -0.05) is 30.3 Å². The molecule has 0 bridgehead atoms. The number of nitrogens with one attached hydrogen (secondary N) is 3. The summed E-state index contributed by atoms with van der Waals surface area (Å²) < 4.78 is 27.1. The van der Waals surface area contributed by atoms with Gasteiger partial charge in [-0.25, -0.2) is 13.2 Å². The Hall–Kier alpha value is -4.22. The third kappa shape index (κ3) is 4.54. The van der Waals surface area contributed by atoms with Crippen LogP contribution in [0.15, 0.2) is 71.6 Å². The number of urea groups is 1. The molecule has 190 valence electrons. The molecule has 0 unspecified atom stereocenters. The average Bonchev–Trinajstić information content (AvgIpc) is 3.55. The van der Waals surface area contributed by atoms with Gasteiger partial charge in [-0.2, -0.15) is 0 Å². The molecule has 0 radical (unpaired) electrons. The van der Waals surface area contributed by atoms with Gasteiger partial charge < -0.3 is 26.6 Å². The van der Waals surface area contributed by atoms with Crippen LogP contribution in [0.1, 0.15) is 15.9 Å². The molecule has 3 aromatic carbocycles. The van der Waals surface area contributed by atoms with E-state index in [1.807, 2.05) is 30.3 Å². The van der Waals surface area contributed by atoms with Crippen LogP contribution in [0.5, 0.6) is 0 Å². The van der Waals surface area contributed by atoms with Crippen LogP contribution in [0.3, 0.4) is 0 Å². The van der Waals surface area contributed by atoms with Gasteiger partial charge in [0.05, 0.1) is 18.0 Å². The molecule has 37 heavy (non-hydrogen) atoms. The zero-order valence-electron chi connectivity index (χ0n) is 19.7. The SMILES string of the molecule is NCC(=O)Nc1ccc(C(=O)N2CCc3c2ccc(S(=O)(=O)[C@H]2CNC(=O)N2)c3-c2ccccc2)cc1. The highest BCUT2D eigenvalue weighted by molar-refractivity contribution is 7.92. The van der Waals surface area contributed by atoms with E-state index in [1.54, 1.807) is 35.2 Å². The van der Waals surface area contributed by atoms with Crippen molar-refractivity contribution in [1.82, 2.24) is 10.6 Å². The van der Waals surface area contributed by atoms with Crippen molar-refractivity contribution in [2.24, 2.45) is 5.73 Å². The highest BCUT2D eigenvalue weighted by Crippen LogP contribution is 2.42. The van der Waals surface area contributed by atoms with E-state index in [1.165, 1.54) is 6.07 Å². The summed E-state index contributed by atoms with van der Waals surface area (Å²) in [6, 6.07) is 18.3. The Kier molecular flexibility index (Phi) is 6.40. The molecular weight excluding hydrogens is 494 g/mol. The van der Waals surface area contributed by atoms with Crippen molar-refractivity contribution in [3.63, 3.8) is 0 Å². The number of fused-ring (bicyclic) bond motifs is 1. The van der Waals surface area contributed by atoms with E-state index in [0.29, 0.717) is 41.0 Å². The predicted octanol–water partition coefficient (Wildman–Crippen LogP) is 1.87. The van der Waals surface area contributed by atoms with E-state index in [4.69, 9.17) is 5.73 Å². The monoisotopic (exact) mass is 519 g/mol. The third-order valence-corrected chi connectivity index (χ3v) is 8.44. The molecule has 0 aliphatic carbocycles. The second-order valence-electron chi connectivity index (χ2n) is 8.73. The van der Waals surface area contributed by atoms with Crippen LogP contribution in [-0.2, 0) is 21.1 Å². The molecule has 2 heterocycles. The Morgan fingerprint density at radius 1 is 1.03 bits per heavy atom. The Labute approximate surface area is 213 Å². The Balaban J connectivity index is 1.53. The lowest BCUT2D eigenvalue weighted by Crippen LogP contribution is -2.35. The molecule has 11 heteroatoms. The molecule has 10 nitrogen and oxygen atoms in total. The fraction of sp³-hybridized carbons (Fsp3) is 0.192. The van der Waals surface area contributed by atoms with Crippen LogP contribution in [-0.4, -0.2) is 51.3 Å². The molecule has 3 aromatic rings. The standard InChI is InChI=1S/C26H25N5O5S/c27-14-22(32)29-18-8-6-17(7-9-18)25(33)31-13-12-19-20(31)10-11-21(24(19)16-4-2-1-3-5-16)37(35,36)23-15-28-26(34)30-23/h1-11,23H,12-15,27H2,(H,29,32)(H2,28,30,34)/t23-/m0/s1. The predicted molar refractivity (Wildman–Crippen MR) is 139 cm³/mol. The van der Waals surface area contributed by atoms with Crippen LogP contribution in [0, 0.1) is 0 Å². The minimum atomic E-state index is -3.92. The maximum atomic E-state index is 13.6. The summed E-state index contributed by atoms with van der Waals surface area (Å²) in [5, 5.41) is 6.53. The molecule has 4 amide bonds. The largest absolute Gasteiger partial charge is 0.335 e. The van der Waals surface area contributed by atoms with E-state index in [9.17, 15) is 22.8 Å². The molecule has 0 aromatic heterocycles. The van der Waals surface area contributed by atoms with E-state index < -0.39 is 21.2 Å². The minimum Gasteiger partial charge on any atom is -0.335 e. The topological polar surface area (TPSA) is 151 Å². The van der Waals surface area contributed by atoms with Crippen molar-refractivity contribution < 1.29 is 22.8 Å². The Bertz CT molecular complexity index is 1490. The molecule has 1 atom stereocenters. The number of benzene rings is 3. The van der Waals surface area contributed by atoms with Crippen molar-refractivity contribution >= 4 is 39.1 Å². The maximum absolute atomic E-state index is 13.6. The van der Waals surface area contributed by atoms with Crippen molar-refractivity contribution in [2.45, 2.75) is 16.7 Å². The first-order valence-corrected chi connectivity index (χ1v) is 13.3. The van der Waals surface area contributed by atoms with Crippen LogP contribution in [0.4, 0.5) is 16.2 Å². The second kappa shape index (κ2) is 9.68. The van der Waals surface area contributed by atoms with Gasteiger partial charge in [0, 0.05) is 29.0 Å². The van der Waals surface area contributed by atoms with Crippen LogP contribution in [0.25, 0.3) is 11.1 Å². The number of rotatable bonds is 6. The van der Waals surface area contributed by atoms with Gasteiger partial charge >= 0.3 is 6.03 Å². The molecule has 0 spiro atoms. The number of nitrogens with two attached hydrogens (primary N) is 1. The first-order chi connectivity index (χ1) is 17.8. The highest BCUT2D eigenvalue weighted by atomic mass is 32.2. The first kappa shape index (κ1) is 24.5. The van der Waals surface area contributed by atoms with Gasteiger partial charge in [0.15, 0.2) is 5.37 Å². The van der Waals surface area contributed by atoms with Gasteiger partial charge in [-0.15, -0.1) is 0 Å². The number of carbonyl (C=O) groups excluding carboxylic acids is 3. The van der Waals surface area contributed by atoms with Crippen molar-refractivity contribution in [2.75, 3.05) is 29.9 Å². The molecule has 2 aliphatic rings. The van der Waals surface area contributed by atoms with Crippen molar-refractivity contribution in [1.29, 1.82) is 0 Å². The lowest BCUT2D eigenvalue weighted by atomic mass is 9.97. The van der Waals surface area contributed by atoms with Gasteiger partial charge in [0.2, 0.25) is 15.7 Å². The maximum Gasteiger partial charge on any atom is 0.315 e. The Morgan fingerprint density at radius 3 is 2.41 bits per heavy atom. The Morgan fingerprint density at radius 2 is 1.76 bits per heavy atom. The molecule has 1 fully saturated rings. The van der Waals surface area contributed by atoms with Crippen molar-refractivity contribution in [3.05, 3.63) is 77.9 Å². The van der Waals surface area contributed by atoms with E-state index in [-0.39, 0.29) is 29.8 Å². The van der Waals surface area contributed by atoms with E-state index in [0.717, 1.165) is 5.56 Å². The molecular formula is C26H25N5O5S. The number of sulfone groups is 1. The van der Waals surface area contributed by atoms with Crippen LogP contribution in [0.2, 0.25) is 0 Å². The lowest BCUT2D eigenvalue weighted by Gasteiger charge is -2.21. The van der Waals surface area contributed by atoms with E-state index in [2.05, 4.69) is 16.0 Å². The number of carbonyl (C=O) groups is 3. The summed E-state index contributed by atoms with van der Waals surface area (Å²) in [5.74, 6) is -0.572. The summed E-state index contributed by atoms with van der Waals surface area (Å²) in [6.07, 6.45) is 0.467. The number of anilines is 2. The van der Waals surface area contributed by atoms with Gasteiger partial charge in [-0.05, 0) is 53.9 Å². The number of nitrogens with zero attached hydrogens (tertiary/aromatic N) is 1. The minimum absolute atomic E-state index is 0.0289. The zero-order chi connectivity index (χ0) is 26.2. The lowest BCUT2D eigenvalue weighted by molar-refractivity contribution is -0.114. The molecule has 1 saturated heterocycles. The fourth-order valence-corrected chi connectivity index (χ4v) is 6.33. The van der Waals surface area contributed by atoms with Crippen LogP contribution < -0.4 is 26.6 Å². The summed E-state index contributed by atoms with van der Waals surface area (Å²) in [4.78, 5) is 38.3. The molecule has 0 saturated carbocycles. The third-order valence-electron chi connectivity index (χ3n) is 6.46. The molecule has 2 aliphatic heterocycles. The molecule has 5 rings (SSSR count). The van der Waals surface area contributed by atoms with Crippen LogP contribution >= 0.6 is 0 Å². The second-order valence-corrected chi connectivity index (χ2v) is 10.8. The summed E-state index contributed by atoms with van der Waals surface area (Å²) in [6.45, 7) is 0.208. The normalized spacial score (nSPS) is 16.6. The van der Waals surface area contributed by atoms with Gasteiger partial charge in [-0.3, -0.25) is 9.59 Å². The first-order valence-electron chi connectivity index (χ1n) is 11.7. The van der Waals surface area contributed by atoms with E-state index >= 15 is 0 Å². The zero-order valence-corrected chi connectivity index (χ0v) is 20.5. The fourth-order valence-electron chi connectivity index (χ4n) is 4.67. The number of hydrogen-bond acceptors (Lipinski definition) is 6. The molecule has 5 N–H and O–H groups in total. The number of amides is 4. The quantitative estimate of drug-likeness (QED) is 0.390. The van der Waals surface area contributed by atoms with Gasteiger partial charge in [0.25, 0.3) is 5.91 Å². The summed E-state index contributed by atoms with van der Waals surface area (Å²) in [5.41, 5.74) is 8.92. The van der Waals surface area contributed by atoms with Crippen molar-refractivity contribution in [3.8, 4) is 11.1 Å². The smallest absolute Gasteiger partial charge is 0.315 e. The summed E-state index contributed by atoms with van der Waals surface area (Å²) in [7, 11) is -3.92. The number of hydrogen-bond donors (Lipinski definition) is 4. The van der Waals surface area contributed by atoms with Gasteiger partial charge in [0.1, 0.15) is 0 Å². The summed E-state index contributed by atoms with van der Waals surface area (Å²) >= 11 is 0. The highest BCUT2D eigenvalue weighted by Gasteiger charge is 2.38. The average molecular weight is 520 g/mol.